The lowest BCUT2D eigenvalue weighted by molar-refractivity contribution is 0.0103. The SMILES string of the molecule is CN(CC1CNCCO1)C(=O)c1cc(Br)c[nH]1. The van der Waals surface area contributed by atoms with Crippen molar-refractivity contribution < 1.29 is 9.53 Å². The van der Waals surface area contributed by atoms with Crippen molar-refractivity contribution in [2.24, 2.45) is 0 Å². The molecule has 1 unspecified atom stereocenters. The smallest absolute Gasteiger partial charge is 0.270 e. The highest BCUT2D eigenvalue weighted by Gasteiger charge is 2.20. The maximum absolute atomic E-state index is 12.0. The Labute approximate surface area is 109 Å². The molecule has 6 heteroatoms. The summed E-state index contributed by atoms with van der Waals surface area (Å²) < 4.78 is 6.44. The van der Waals surface area contributed by atoms with Crippen LogP contribution in [0, 0.1) is 0 Å². The lowest BCUT2D eigenvalue weighted by atomic mass is 10.2. The summed E-state index contributed by atoms with van der Waals surface area (Å²) in [6.45, 7) is 2.99. The van der Waals surface area contributed by atoms with Crippen LogP contribution in [0.1, 0.15) is 10.5 Å². The summed E-state index contributed by atoms with van der Waals surface area (Å²) in [5.74, 6) is -0.0233. The minimum atomic E-state index is -0.0233. The van der Waals surface area contributed by atoms with Crippen LogP contribution in [0.25, 0.3) is 0 Å². The second-order valence-corrected chi connectivity index (χ2v) is 5.03. The molecule has 1 aliphatic heterocycles. The van der Waals surface area contributed by atoms with E-state index in [1.54, 1.807) is 24.2 Å². The number of morpholine rings is 1. The van der Waals surface area contributed by atoms with E-state index < -0.39 is 0 Å². The Kier molecular flexibility index (Phi) is 4.20. The third-order valence-electron chi connectivity index (χ3n) is 2.71. The van der Waals surface area contributed by atoms with E-state index in [1.165, 1.54) is 0 Å². The fraction of sp³-hybridized carbons (Fsp3) is 0.545. The minimum Gasteiger partial charge on any atom is -0.374 e. The van der Waals surface area contributed by atoms with E-state index in [1.807, 2.05) is 0 Å². The van der Waals surface area contributed by atoms with Gasteiger partial charge in [-0.25, -0.2) is 0 Å². The van der Waals surface area contributed by atoms with Gasteiger partial charge in [0.2, 0.25) is 0 Å². The molecule has 1 fully saturated rings. The number of carbonyl (C=O) groups is 1. The molecule has 1 amide bonds. The standard InChI is InChI=1S/C11H16BrN3O2/c1-15(7-9-6-13-2-3-17-9)11(16)10-4-8(12)5-14-10/h4-5,9,13-14H,2-3,6-7H2,1H3. The Morgan fingerprint density at radius 2 is 2.53 bits per heavy atom. The molecule has 0 spiro atoms. The van der Waals surface area contributed by atoms with Crippen molar-refractivity contribution in [1.82, 2.24) is 15.2 Å². The molecule has 5 nitrogen and oxygen atoms in total. The number of nitrogens with one attached hydrogen (secondary N) is 2. The summed E-state index contributed by atoms with van der Waals surface area (Å²) in [6, 6.07) is 1.78. The highest BCUT2D eigenvalue weighted by molar-refractivity contribution is 9.10. The predicted octanol–water partition coefficient (Wildman–Crippen LogP) is 0.838. The predicted molar refractivity (Wildman–Crippen MR) is 68.1 cm³/mol. The van der Waals surface area contributed by atoms with Gasteiger partial charge in [-0.3, -0.25) is 4.79 Å². The fourth-order valence-corrected chi connectivity index (χ4v) is 2.17. The van der Waals surface area contributed by atoms with Gasteiger partial charge in [-0.1, -0.05) is 0 Å². The van der Waals surface area contributed by atoms with Crippen LogP contribution in [0.4, 0.5) is 0 Å². The zero-order valence-electron chi connectivity index (χ0n) is 9.70. The Morgan fingerprint density at radius 3 is 3.12 bits per heavy atom. The van der Waals surface area contributed by atoms with Gasteiger partial charge < -0.3 is 19.9 Å². The molecule has 2 rings (SSSR count). The van der Waals surface area contributed by atoms with Gasteiger partial charge in [-0.05, 0) is 22.0 Å². The number of aromatic amines is 1. The third kappa shape index (κ3) is 3.31. The molecule has 0 radical (unpaired) electrons. The Morgan fingerprint density at radius 1 is 1.71 bits per heavy atom. The monoisotopic (exact) mass is 301 g/mol. The van der Waals surface area contributed by atoms with Gasteiger partial charge in [-0.15, -0.1) is 0 Å². The summed E-state index contributed by atoms with van der Waals surface area (Å²) in [5, 5.41) is 3.24. The largest absolute Gasteiger partial charge is 0.374 e. The van der Waals surface area contributed by atoms with E-state index in [0.717, 1.165) is 17.6 Å². The van der Waals surface area contributed by atoms with Gasteiger partial charge in [0.05, 0.1) is 12.7 Å². The average molecular weight is 302 g/mol. The van der Waals surface area contributed by atoms with Gasteiger partial charge in [0.25, 0.3) is 5.91 Å². The molecular formula is C11H16BrN3O2. The van der Waals surface area contributed by atoms with E-state index in [0.29, 0.717) is 18.8 Å². The van der Waals surface area contributed by atoms with Crippen LogP contribution < -0.4 is 5.32 Å². The highest BCUT2D eigenvalue weighted by atomic mass is 79.9. The maximum atomic E-state index is 12.0. The average Bonchev–Trinajstić information content (AvgIpc) is 2.76. The molecule has 1 aliphatic rings. The van der Waals surface area contributed by atoms with Gasteiger partial charge >= 0.3 is 0 Å². The first-order chi connectivity index (χ1) is 8.16. The van der Waals surface area contributed by atoms with Crippen molar-refractivity contribution in [3.63, 3.8) is 0 Å². The molecule has 1 aromatic rings. The molecular weight excluding hydrogens is 286 g/mol. The Bertz CT molecular complexity index is 388. The number of rotatable bonds is 3. The van der Waals surface area contributed by atoms with Gasteiger partial charge in [0.15, 0.2) is 0 Å². The summed E-state index contributed by atoms with van der Waals surface area (Å²) in [6.07, 6.45) is 1.83. The lowest BCUT2D eigenvalue weighted by Gasteiger charge is -2.27. The van der Waals surface area contributed by atoms with Crippen molar-refractivity contribution >= 4 is 21.8 Å². The van der Waals surface area contributed by atoms with E-state index in [9.17, 15) is 4.79 Å². The number of amides is 1. The summed E-state index contributed by atoms with van der Waals surface area (Å²) in [4.78, 5) is 16.6. The van der Waals surface area contributed by atoms with Crippen LogP contribution in [-0.2, 0) is 4.74 Å². The van der Waals surface area contributed by atoms with E-state index >= 15 is 0 Å². The first-order valence-corrected chi connectivity index (χ1v) is 6.38. The van der Waals surface area contributed by atoms with E-state index in [4.69, 9.17) is 4.74 Å². The first kappa shape index (κ1) is 12.6. The van der Waals surface area contributed by atoms with E-state index in [2.05, 4.69) is 26.2 Å². The van der Waals surface area contributed by atoms with Crippen molar-refractivity contribution in [2.45, 2.75) is 6.10 Å². The number of aromatic nitrogens is 1. The number of hydrogen-bond donors (Lipinski definition) is 2. The number of halogens is 1. The Hall–Kier alpha value is -0.850. The zero-order chi connectivity index (χ0) is 12.3. The van der Waals surface area contributed by atoms with Crippen molar-refractivity contribution in [2.75, 3.05) is 33.3 Å². The van der Waals surface area contributed by atoms with Crippen LogP contribution in [0.3, 0.4) is 0 Å². The van der Waals surface area contributed by atoms with Crippen LogP contribution in [0.2, 0.25) is 0 Å². The van der Waals surface area contributed by atoms with Gasteiger partial charge in [-0.2, -0.15) is 0 Å². The second kappa shape index (κ2) is 5.66. The number of carbonyl (C=O) groups excluding carboxylic acids is 1. The highest BCUT2D eigenvalue weighted by Crippen LogP contribution is 2.12. The van der Waals surface area contributed by atoms with Crippen molar-refractivity contribution in [1.29, 1.82) is 0 Å². The van der Waals surface area contributed by atoms with Crippen molar-refractivity contribution in [3.05, 3.63) is 22.4 Å². The molecule has 17 heavy (non-hydrogen) atoms. The maximum Gasteiger partial charge on any atom is 0.270 e. The minimum absolute atomic E-state index is 0.0233. The molecule has 1 aromatic heterocycles. The molecule has 0 saturated carbocycles. The number of nitrogens with zero attached hydrogens (tertiary/aromatic N) is 1. The molecule has 1 atom stereocenters. The molecule has 0 bridgehead atoms. The molecule has 94 valence electrons. The lowest BCUT2D eigenvalue weighted by Crippen LogP contribution is -2.45. The number of hydrogen-bond acceptors (Lipinski definition) is 3. The fourth-order valence-electron chi connectivity index (χ4n) is 1.82. The van der Waals surface area contributed by atoms with Crippen LogP contribution in [0.5, 0.6) is 0 Å². The molecule has 1 saturated heterocycles. The molecule has 2 heterocycles. The topological polar surface area (TPSA) is 57.4 Å². The van der Waals surface area contributed by atoms with Crippen molar-refractivity contribution in [3.8, 4) is 0 Å². The quantitative estimate of drug-likeness (QED) is 0.870. The first-order valence-electron chi connectivity index (χ1n) is 5.58. The summed E-state index contributed by atoms with van der Waals surface area (Å²) in [5.41, 5.74) is 0.586. The zero-order valence-corrected chi connectivity index (χ0v) is 11.3. The van der Waals surface area contributed by atoms with E-state index in [-0.39, 0.29) is 12.0 Å². The summed E-state index contributed by atoms with van der Waals surface area (Å²) >= 11 is 3.31. The van der Waals surface area contributed by atoms with Gasteiger partial charge in [0.1, 0.15) is 5.69 Å². The molecule has 0 aliphatic carbocycles. The normalized spacial score (nSPS) is 20.2. The summed E-state index contributed by atoms with van der Waals surface area (Å²) in [7, 11) is 1.79. The Balaban J connectivity index is 1.90. The van der Waals surface area contributed by atoms with Crippen LogP contribution in [-0.4, -0.2) is 55.2 Å². The van der Waals surface area contributed by atoms with Crippen LogP contribution in [0.15, 0.2) is 16.7 Å². The third-order valence-corrected chi connectivity index (χ3v) is 3.16. The molecule has 0 aromatic carbocycles. The second-order valence-electron chi connectivity index (χ2n) is 4.11. The number of likely N-dealkylation sites (N-methyl/N-ethyl adjacent to an activating group) is 1. The van der Waals surface area contributed by atoms with Crippen LogP contribution >= 0.6 is 15.9 Å². The van der Waals surface area contributed by atoms with Gasteiger partial charge in [0, 0.05) is 37.4 Å². The number of ether oxygens (including phenoxy) is 1. The number of H-pyrrole nitrogens is 1. The molecule has 2 N–H and O–H groups in total.